The van der Waals surface area contributed by atoms with Gasteiger partial charge in [0.1, 0.15) is 11.3 Å². The average Bonchev–Trinajstić information content (AvgIpc) is 3.36. The molecule has 1 atom stereocenters. The molecule has 2 aliphatic rings. The fraction of sp³-hybridized carbons (Fsp3) is 0.478. The van der Waals surface area contributed by atoms with E-state index < -0.39 is 5.60 Å². The molecule has 1 fully saturated rings. The number of aromatic nitrogens is 3. The van der Waals surface area contributed by atoms with Crippen LogP contribution in [0.3, 0.4) is 0 Å². The molecule has 6 heteroatoms. The number of benzene rings is 1. The number of hydrogen-bond acceptors (Lipinski definition) is 3. The van der Waals surface area contributed by atoms with Crippen molar-refractivity contribution < 1.29 is 9.53 Å². The van der Waals surface area contributed by atoms with Crippen molar-refractivity contribution in [2.45, 2.75) is 52.1 Å². The quantitative estimate of drug-likeness (QED) is 0.701. The number of methoxy groups -OCH3 is 1. The Balaban J connectivity index is 1.49. The molecule has 152 valence electrons. The number of nitrogens with zero attached hydrogens (tertiary/aromatic N) is 2. The number of ether oxygens (including phenoxy) is 1. The van der Waals surface area contributed by atoms with Crippen molar-refractivity contribution in [2.75, 3.05) is 18.6 Å². The van der Waals surface area contributed by atoms with E-state index in [4.69, 9.17) is 4.74 Å². The summed E-state index contributed by atoms with van der Waals surface area (Å²) < 4.78 is 5.46. The maximum absolute atomic E-state index is 12.8. The summed E-state index contributed by atoms with van der Waals surface area (Å²) in [5.74, 6) is 0.0233. The van der Waals surface area contributed by atoms with Crippen LogP contribution in [0, 0.1) is 5.41 Å². The molecule has 0 bridgehead atoms. The van der Waals surface area contributed by atoms with E-state index in [0.717, 1.165) is 40.8 Å². The van der Waals surface area contributed by atoms with Gasteiger partial charge >= 0.3 is 0 Å². The first-order valence-corrected chi connectivity index (χ1v) is 10.4. The highest BCUT2D eigenvalue weighted by Crippen LogP contribution is 2.38. The van der Waals surface area contributed by atoms with Crippen LogP contribution in [0.1, 0.15) is 44.9 Å². The maximum Gasteiger partial charge on any atom is 0.258 e. The number of anilines is 1. The lowest BCUT2D eigenvalue weighted by Gasteiger charge is -2.28. The number of fused-ring (bicyclic) bond motifs is 2. The van der Waals surface area contributed by atoms with Crippen molar-refractivity contribution in [2.24, 2.45) is 5.41 Å². The SMILES string of the molecule is COC1(C)CCN(c2ccc3cc(-c4n[nH]c5c4CCC(C)(C)C5)[nH]c3c2)C1=O. The second-order valence-electron chi connectivity index (χ2n) is 9.47. The smallest absolute Gasteiger partial charge is 0.258 e. The van der Waals surface area contributed by atoms with E-state index in [0.29, 0.717) is 18.4 Å². The third-order valence-corrected chi connectivity index (χ3v) is 6.79. The molecule has 3 aromatic rings. The number of carbonyl (C=O) groups is 1. The number of rotatable bonds is 3. The molecule has 0 saturated carbocycles. The summed E-state index contributed by atoms with van der Waals surface area (Å²) in [4.78, 5) is 18.1. The molecule has 1 amide bonds. The molecule has 0 spiro atoms. The van der Waals surface area contributed by atoms with Gasteiger partial charge in [-0.3, -0.25) is 9.89 Å². The zero-order valence-electron chi connectivity index (χ0n) is 17.6. The first kappa shape index (κ1) is 18.4. The van der Waals surface area contributed by atoms with Crippen LogP contribution in [0.25, 0.3) is 22.3 Å². The van der Waals surface area contributed by atoms with Crippen molar-refractivity contribution in [3.05, 3.63) is 35.5 Å². The monoisotopic (exact) mass is 392 g/mol. The fourth-order valence-electron chi connectivity index (χ4n) is 4.74. The molecule has 5 rings (SSSR count). The Morgan fingerprint density at radius 3 is 2.76 bits per heavy atom. The molecule has 1 aliphatic heterocycles. The minimum atomic E-state index is -0.724. The topological polar surface area (TPSA) is 74.0 Å². The first-order valence-electron chi connectivity index (χ1n) is 10.4. The number of carbonyl (C=O) groups excluding carboxylic acids is 1. The zero-order valence-corrected chi connectivity index (χ0v) is 17.6. The van der Waals surface area contributed by atoms with Gasteiger partial charge in [0.05, 0.1) is 5.69 Å². The molecule has 2 aromatic heterocycles. The van der Waals surface area contributed by atoms with Crippen LogP contribution in [0.15, 0.2) is 24.3 Å². The van der Waals surface area contributed by atoms with E-state index >= 15 is 0 Å². The van der Waals surface area contributed by atoms with Gasteiger partial charge in [-0.2, -0.15) is 5.10 Å². The Labute approximate surface area is 170 Å². The van der Waals surface area contributed by atoms with Crippen LogP contribution in [0.5, 0.6) is 0 Å². The van der Waals surface area contributed by atoms with E-state index in [1.807, 2.05) is 17.9 Å². The summed E-state index contributed by atoms with van der Waals surface area (Å²) in [6.45, 7) is 7.16. The van der Waals surface area contributed by atoms with Crippen LogP contribution in [-0.4, -0.2) is 40.3 Å². The molecular formula is C23H28N4O2. The van der Waals surface area contributed by atoms with Crippen molar-refractivity contribution in [1.29, 1.82) is 0 Å². The molecule has 1 aromatic carbocycles. The predicted octanol–water partition coefficient (Wildman–Crippen LogP) is 4.21. The van der Waals surface area contributed by atoms with E-state index in [1.54, 1.807) is 7.11 Å². The second-order valence-corrected chi connectivity index (χ2v) is 9.47. The van der Waals surface area contributed by atoms with Crippen molar-refractivity contribution in [1.82, 2.24) is 15.2 Å². The Bertz CT molecular complexity index is 1110. The van der Waals surface area contributed by atoms with Crippen LogP contribution >= 0.6 is 0 Å². The average molecular weight is 393 g/mol. The molecule has 1 unspecified atom stereocenters. The van der Waals surface area contributed by atoms with Gasteiger partial charge < -0.3 is 14.6 Å². The van der Waals surface area contributed by atoms with E-state index in [-0.39, 0.29) is 5.91 Å². The zero-order chi connectivity index (χ0) is 20.4. The van der Waals surface area contributed by atoms with E-state index in [9.17, 15) is 4.79 Å². The van der Waals surface area contributed by atoms with Crippen LogP contribution < -0.4 is 4.90 Å². The highest BCUT2D eigenvalue weighted by molar-refractivity contribution is 6.03. The Hall–Kier alpha value is -2.60. The van der Waals surface area contributed by atoms with Crippen LogP contribution in [-0.2, 0) is 22.4 Å². The first-order chi connectivity index (χ1) is 13.8. The highest BCUT2D eigenvalue weighted by Gasteiger charge is 2.43. The normalized spacial score (nSPS) is 23.7. The molecule has 3 heterocycles. The summed E-state index contributed by atoms with van der Waals surface area (Å²) in [6.07, 6.45) is 3.96. The Morgan fingerprint density at radius 2 is 2.00 bits per heavy atom. The van der Waals surface area contributed by atoms with Crippen LogP contribution in [0.2, 0.25) is 0 Å². The third kappa shape index (κ3) is 2.89. The van der Waals surface area contributed by atoms with Crippen molar-refractivity contribution >= 4 is 22.5 Å². The number of hydrogen-bond donors (Lipinski definition) is 2. The maximum atomic E-state index is 12.8. The van der Waals surface area contributed by atoms with Gasteiger partial charge in [0.2, 0.25) is 0 Å². The molecule has 29 heavy (non-hydrogen) atoms. The Morgan fingerprint density at radius 1 is 1.17 bits per heavy atom. The predicted molar refractivity (Wildman–Crippen MR) is 114 cm³/mol. The summed E-state index contributed by atoms with van der Waals surface area (Å²) in [5, 5.41) is 9.02. The largest absolute Gasteiger partial charge is 0.369 e. The standard InChI is InChI=1S/C23H28N4O2/c1-22(2)8-7-16-19(13-22)25-26-20(16)18-11-14-5-6-15(12-17(14)24-18)27-10-9-23(3,29-4)21(27)28/h5-6,11-12,24H,7-10,13H2,1-4H3,(H,25,26). The lowest BCUT2D eigenvalue weighted by Crippen LogP contribution is -2.39. The summed E-state index contributed by atoms with van der Waals surface area (Å²) in [5.41, 5.74) is 6.18. The van der Waals surface area contributed by atoms with Crippen molar-refractivity contribution in [3.63, 3.8) is 0 Å². The lowest BCUT2D eigenvalue weighted by molar-refractivity contribution is -0.134. The number of nitrogens with one attached hydrogen (secondary N) is 2. The molecule has 1 aliphatic carbocycles. The molecule has 2 N–H and O–H groups in total. The van der Waals surface area contributed by atoms with Gasteiger partial charge in [-0.25, -0.2) is 0 Å². The van der Waals surface area contributed by atoms with E-state index in [2.05, 4.69) is 47.2 Å². The molecular weight excluding hydrogens is 364 g/mol. The van der Waals surface area contributed by atoms with Gasteiger partial charge in [-0.15, -0.1) is 0 Å². The van der Waals surface area contributed by atoms with Gasteiger partial charge in [0.25, 0.3) is 5.91 Å². The number of aromatic amines is 2. The summed E-state index contributed by atoms with van der Waals surface area (Å²) in [6, 6.07) is 8.30. The van der Waals surface area contributed by atoms with Crippen LogP contribution in [0.4, 0.5) is 5.69 Å². The number of amides is 1. The van der Waals surface area contributed by atoms with Gasteiger partial charge in [0.15, 0.2) is 0 Å². The van der Waals surface area contributed by atoms with Gasteiger partial charge in [-0.1, -0.05) is 19.9 Å². The van der Waals surface area contributed by atoms with Gasteiger partial charge in [0, 0.05) is 47.9 Å². The molecule has 0 radical (unpaired) electrons. The number of H-pyrrole nitrogens is 2. The summed E-state index contributed by atoms with van der Waals surface area (Å²) in [7, 11) is 1.60. The summed E-state index contributed by atoms with van der Waals surface area (Å²) >= 11 is 0. The fourth-order valence-corrected chi connectivity index (χ4v) is 4.74. The second kappa shape index (κ2) is 6.20. The van der Waals surface area contributed by atoms with Gasteiger partial charge in [-0.05, 0) is 49.8 Å². The van der Waals surface area contributed by atoms with Crippen molar-refractivity contribution in [3.8, 4) is 11.4 Å². The van der Waals surface area contributed by atoms with E-state index in [1.165, 1.54) is 17.7 Å². The Kier molecular flexibility index (Phi) is 3.94. The molecule has 6 nitrogen and oxygen atoms in total. The lowest BCUT2D eigenvalue weighted by atomic mass is 9.76. The highest BCUT2D eigenvalue weighted by atomic mass is 16.5. The molecule has 1 saturated heterocycles. The minimum Gasteiger partial charge on any atom is -0.369 e. The third-order valence-electron chi connectivity index (χ3n) is 6.79. The minimum absolute atomic E-state index is 0.0233.